The number of amides is 3. The molecule has 1 aliphatic heterocycles. The van der Waals surface area contributed by atoms with E-state index in [9.17, 15) is 9.59 Å². The van der Waals surface area contributed by atoms with Gasteiger partial charge in [0.2, 0.25) is 5.91 Å². The third kappa shape index (κ3) is 4.87. The Labute approximate surface area is 170 Å². The molecular weight excluding hydrogens is 378 g/mol. The van der Waals surface area contributed by atoms with Crippen molar-refractivity contribution in [3.05, 3.63) is 52.4 Å². The quantitative estimate of drug-likeness (QED) is 0.811. The first kappa shape index (κ1) is 20.3. The van der Waals surface area contributed by atoms with Crippen LogP contribution in [0.3, 0.4) is 0 Å². The number of nitrogens with zero attached hydrogens (tertiary/aromatic N) is 2. The highest BCUT2D eigenvalue weighted by atomic mass is 35.5. The molecule has 28 heavy (non-hydrogen) atoms. The Morgan fingerprint density at radius 2 is 1.93 bits per heavy atom. The van der Waals surface area contributed by atoms with Crippen LogP contribution in [0.5, 0.6) is 0 Å². The van der Waals surface area contributed by atoms with Gasteiger partial charge in [0, 0.05) is 36.8 Å². The predicted molar refractivity (Wildman–Crippen MR) is 109 cm³/mol. The van der Waals surface area contributed by atoms with Crippen LogP contribution >= 0.6 is 11.6 Å². The summed E-state index contributed by atoms with van der Waals surface area (Å²) in [6.45, 7) is 7.07. The van der Waals surface area contributed by atoms with Crippen LogP contribution in [-0.4, -0.2) is 40.9 Å². The molecule has 1 aromatic carbocycles. The topological polar surface area (TPSA) is 65.8 Å². The van der Waals surface area contributed by atoms with Crippen LogP contribution in [0, 0.1) is 13.8 Å². The molecule has 1 aliphatic rings. The Morgan fingerprint density at radius 3 is 2.54 bits per heavy atom. The molecule has 3 rings (SSSR count). The fraction of sp³-hybridized carbons (Fsp3) is 0.429. The minimum Gasteiger partial charge on any atom is -0.464 e. The molecule has 2 aromatic rings. The maximum Gasteiger partial charge on any atom is 0.322 e. The Hall–Kier alpha value is -2.47. The number of carbonyl (C=O) groups excluding carboxylic acids is 2. The zero-order valence-electron chi connectivity index (χ0n) is 16.5. The molecule has 2 heterocycles. The normalized spacial score (nSPS) is 14.8. The lowest BCUT2D eigenvalue weighted by atomic mass is 10.0. The molecule has 1 N–H and O–H groups in total. The van der Waals surface area contributed by atoms with E-state index in [1.807, 2.05) is 36.9 Å². The summed E-state index contributed by atoms with van der Waals surface area (Å²) in [6.07, 6.45) is 1.47. The van der Waals surface area contributed by atoms with Crippen LogP contribution in [-0.2, 0) is 11.3 Å². The van der Waals surface area contributed by atoms with E-state index in [0.29, 0.717) is 30.3 Å². The van der Waals surface area contributed by atoms with E-state index in [1.54, 1.807) is 24.0 Å². The fourth-order valence-electron chi connectivity index (χ4n) is 3.51. The van der Waals surface area contributed by atoms with Gasteiger partial charge in [0.05, 0.1) is 6.54 Å². The molecule has 0 atom stereocenters. The monoisotopic (exact) mass is 403 g/mol. The number of likely N-dealkylation sites (tertiary alicyclic amines) is 1. The minimum atomic E-state index is -0.194. The van der Waals surface area contributed by atoms with Gasteiger partial charge in [-0.25, -0.2) is 4.79 Å². The molecule has 1 aromatic heterocycles. The molecule has 1 saturated heterocycles. The first-order valence-electron chi connectivity index (χ1n) is 9.48. The first-order chi connectivity index (χ1) is 13.3. The average molecular weight is 404 g/mol. The maximum atomic E-state index is 13.2. The predicted octanol–water partition coefficient (Wildman–Crippen LogP) is 4.59. The number of aryl methyl sites for hydroxylation is 2. The molecule has 0 saturated carbocycles. The van der Waals surface area contributed by atoms with Crippen molar-refractivity contribution >= 4 is 29.2 Å². The van der Waals surface area contributed by atoms with Gasteiger partial charge in [0.25, 0.3) is 0 Å². The molecule has 0 spiro atoms. The average Bonchev–Trinajstić information content (AvgIpc) is 3.07. The van der Waals surface area contributed by atoms with Crippen molar-refractivity contribution in [2.75, 3.05) is 18.4 Å². The van der Waals surface area contributed by atoms with Gasteiger partial charge in [0.1, 0.15) is 11.5 Å². The van der Waals surface area contributed by atoms with Crippen LogP contribution in [0.1, 0.15) is 36.8 Å². The number of piperidine rings is 1. The lowest BCUT2D eigenvalue weighted by Gasteiger charge is -2.38. The van der Waals surface area contributed by atoms with Gasteiger partial charge < -0.3 is 19.5 Å². The summed E-state index contributed by atoms with van der Waals surface area (Å²) >= 11 is 6.09. The number of furan rings is 1. The molecule has 0 bridgehead atoms. The summed E-state index contributed by atoms with van der Waals surface area (Å²) in [5.41, 5.74) is 1.64. The number of hydrogen-bond acceptors (Lipinski definition) is 3. The lowest BCUT2D eigenvalue weighted by Crippen LogP contribution is -2.49. The molecule has 0 radical (unpaired) electrons. The number of anilines is 1. The molecule has 0 aliphatic carbocycles. The molecular formula is C21H26ClN3O3. The van der Waals surface area contributed by atoms with Crippen molar-refractivity contribution in [2.45, 2.75) is 46.2 Å². The molecule has 7 heteroatoms. The summed E-state index contributed by atoms with van der Waals surface area (Å²) < 4.78 is 5.70. The molecule has 150 valence electrons. The van der Waals surface area contributed by atoms with E-state index in [2.05, 4.69) is 5.32 Å². The van der Waals surface area contributed by atoms with E-state index in [0.717, 1.165) is 29.9 Å². The Balaban J connectivity index is 1.78. The highest BCUT2D eigenvalue weighted by Gasteiger charge is 2.30. The number of benzene rings is 1. The van der Waals surface area contributed by atoms with Crippen molar-refractivity contribution in [1.82, 2.24) is 9.80 Å². The molecule has 0 unspecified atom stereocenters. The maximum absolute atomic E-state index is 13.2. The molecule has 3 amide bonds. The fourth-order valence-corrected chi connectivity index (χ4v) is 3.69. The summed E-state index contributed by atoms with van der Waals surface area (Å²) in [5.74, 6) is 1.63. The highest BCUT2D eigenvalue weighted by molar-refractivity contribution is 6.31. The third-order valence-corrected chi connectivity index (χ3v) is 5.41. The van der Waals surface area contributed by atoms with Crippen LogP contribution < -0.4 is 5.32 Å². The Bertz CT molecular complexity index is 856. The number of halogens is 1. The van der Waals surface area contributed by atoms with Gasteiger partial charge in [-0.15, -0.1) is 0 Å². The molecule has 1 fully saturated rings. The van der Waals surface area contributed by atoms with E-state index >= 15 is 0 Å². The van der Waals surface area contributed by atoms with Gasteiger partial charge >= 0.3 is 6.03 Å². The van der Waals surface area contributed by atoms with Crippen molar-refractivity contribution in [1.29, 1.82) is 0 Å². The van der Waals surface area contributed by atoms with Gasteiger partial charge in [-0.3, -0.25) is 4.79 Å². The van der Waals surface area contributed by atoms with E-state index in [4.69, 9.17) is 16.0 Å². The first-order valence-corrected chi connectivity index (χ1v) is 9.86. The van der Waals surface area contributed by atoms with Crippen LogP contribution in [0.4, 0.5) is 10.5 Å². The van der Waals surface area contributed by atoms with Crippen molar-refractivity contribution in [2.24, 2.45) is 0 Å². The van der Waals surface area contributed by atoms with Gasteiger partial charge in [-0.05, 0) is 56.5 Å². The Kier molecular flexibility index (Phi) is 6.29. The second-order valence-corrected chi connectivity index (χ2v) is 7.70. The van der Waals surface area contributed by atoms with Crippen molar-refractivity contribution in [3.63, 3.8) is 0 Å². The number of nitrogens with one attached hydrogen (secondary N) is 1. The molecule has 6 nitrogen and oxygen atoms in total. The van der Waals surface area contributed by atoms with Gasteiger partial charge in [-0.1, -0.05) is 17.7 Å². The van der Waals surface area contributed by atoms with Crippen molar-refractivity contribution in [3.8, 4) is 0 Å². The second kappa shape index (κ2) is 8.69. The number of carbonyl (C=O) groups is 2. The van der Waals surface area contributed by atoms with Gasteiger partial charge in [0.15, 0.2) is 0 Å². The number of rotatable bonds is 4. The smallest absolute Gasteiger partial charge is 0.322 e. The zero-order chi connectivity index (χ0) is 20.3. The lowest BCUT2D eigenvalue weighted by molar-refractivity contribution is -0.130. The van der Waals surface area contributed by atoms with Crippen LogP contribution in [0.2, 0.25) is 5.02 Å². The third-order valence-electron chi connectivity index (χ3n) is 5.17. The zero-order valence-corrected chi connectivity index (χ0v) is 17.3. The second-order valence-electron chi connectivity index (χ2n) is 7.27. The Morgan fingerprint density at radius 1 is 1.21 bits per heavy atom. The number of urea groups is 1. The summed E-state index contributed by atoms with van der Waals surface area (Å²) in [6, 6.07) is 9.05. The van der Waals surface area contributed by atoms with E-state index in [-0.39, 0.29) is 18.0 Å². The summed E-state index contributed by atoms with van der Waals surface area (Å²) in [7, 11) is 0. The van der Waals surface area contributed by atoms with Gasteiger partial charge in [-0.2, -0.15) is 0 Å². The number of hydrogen-bond donors (Lipinski definition) is 1. The van der Waals surface area contributed by atoms with Crippen LogP contribution in [0.15, 0.2) is 34.7 Å². The summed E-state index contributed by atoms with van der Waals surface area (Å²) in [5, 5.41) is 3.56. The summed E-state index contributed by atoms with van der Waals surface area (Å²) in [4.78, 5) is 28.4. The SMILES string of the molecule is CC(=O)N1CCC(N(Cc2ccc(C)o2)C(=O)Nc2cc(Cl)ccc2C)CC1. The van der Waals surface area contributed by atoms with Crippen LogP contribution in [0.25, 0.3) is 0 Å². The standard InChI is InChI=1S/C21H26ClN3O3/c1-14-4-6-17(22)12-20(14)23-21(27)25(13-19-7-5-15(2)28-19)18-8-10-24(11-9-18)16(3)26/h4-7,12,18H,8-11,13H2,1-3H3,(H,23,27). The highest BCUT2D eigenvalue weighted by Crippen LogP contribution is 2.24. The largest absolute Gasteiger partial charge is 0.464 e. The van der Waals surface area contributed by atoms with E-state index < -0.39 is 0 Å². The van der Waals surface area contributed by atoms with Crippen molar-refractivity contribution < 1.29 is 14.0 Å². The minimum absolute atomic E-state index is 0.0282. The van der Waals surface area contributed by atoms with E-state index in [1.165, 1.54) is 0 Å².